The van der Waals surface area contributed by atoms with Gasteiger partial charge in [0.05, 0.1) is 5.54 Å². The van der Waals surface area contributed by atoms with Crippen molar-refractivity contribution in [3.8, 4) is 22.2 Å². The second-order valence-corrected chi connectivity index (χ2v) is 6.69. The molecule has 1 aliphatic rings. The fraction of sp³-hybridized carbons (Fsp3) is 0.312. The molecule has 4 rings (SSSR count). The predicted molar refractivity (Wildman–Crippen MR) is 85.3 cm³/mol. The largest absolute Gasteiger partial charge is 0.332 e. The summed E-state index contributed by atoms with van der Waals surface area (Å²) in [6, 6.07) is 8.30. The molecule has 2 heterocycles. The minimum Gasteiger partial charge on any atom is -0.332 e. The number of hydrogen-bond donors (Lipinski definition) is 1. The summed E-state index contributed by atoms with van der Waals surface area (Å²) in [5.74, 6) is 1.04. The van der Waals surface area contributed by atoms with Crippen LogP contribution in [0.4, 0.5) is 0 Å². The summed E-state index contributed by atoms with van der Waals surface area (Å²) in [5, 5.41) is 6.92. The molecule has 3 aromatic rings. The lowest BCUT2D eigenvalue weighted by Crippen LogP contribution is -2.44. The first-order valence-corrected chi connectivity index (χ1v) is 8.18. The maximum absolute atomic E-state index is 6.22. The van der Waals surface area contributed by atoms with E-state index in [1.165, 1.54) is 5.56 Å². The summed E-state index contributed by atoms with van der Waals surface area (Å²) in [5.41, 5.74) is 8.85. The van der Waals surface area contributed by atoms with Crippen molar-refractivity contribution in [2.24, 2.45) is 5.73 Å². The summed E-state index contributed by atoms with van der Waals surface area (Å²) in [4.78, 5) is 9.04. The van der Waals surface area contributed by atoms with E-state index in [0.717, 1.165) is 29.8 Å². The van der Waals surface area contributed by atoms with Gasteiger partial charge in [0.2, 0.25) is 0 Å². The molecule has 1 aliphatic carbocycles. The van der Waals surface area contributed by atoms with E-state index in [1.54, 1.807) is 11.3 Å². The van der Waals surface area contributed by atoms with Crippen LogP contribution in [0.15, 0.2) is 34.2 Å². The maximum Gasteiger partial charge on any atom is 0.277 e. The highest BCUT2D eigenvalue weighted by Gasteiger charge is 2.39. The second-order valence-electron chi connectivity index (χ2n) is 5.84. The Morgan fingerprint density at radius 3 is 2.64 bits per heavy atom. The molecule has 6 heteroatoms. The number of rotatable bonds is 3. The minimum absolute atomic E-state index is 0.405. The van der Waals surface area contributed by atoms with E-state index in [2.05, 4.69) is 46.3 Å². The fourth-order valence-corrected chi connectivity index (χ4v) is 3.31. The van der Waals surface area contributed by atoms with Gasteiger partial charge in [0.25, 0.3) is 5.89 Å². The van der Waals surface area contributed by atoms with E-state index in [9.17, 15) is 0 Å². The van der Waals surface area contributed by atoms with Crippen LogP contribution in [-0.4, -0.2) is 15.1 Å². The molecule has 0 atom stereocenters. The number of aryl methyl sites for hydroxylation is 1. The first-order chi connectivity index (χ1) is 10.6. The highest BCUT2D eigenvalue weighted by Crippen LogP contribution is 2.38. The first kappa shape index (κ1) is 13.6. The Morgan fingerprint density at radius 2 is 1.95 bits per heavy atom. The molecule has 0 spiro atoms. The highest BCUT2D eigenvalue weighted by molar-refractivity contribution is 7.13. The van der Waals surface area contributed by atoms with E-state index in [1.807, 2.05) is 5.38 Å². The monoisotopic (exact) mass is 312 g/mol. The number of aromatic nitrogens is 3. The Kier molecular flexibility index (Phi) is 3.09. The van der Waals surface area contributed by atoms with Gasteiger partial charge in [0.15, 0.2) is 5.82 Å². The lowest BCUT2D eigenvalue weighted by atomic mass is 9.77. The molecule has 0 bridgehead atoms. The third kappa shape index (κ3) is 2.24. The van der Waals surface area contributed by atoms with Crippen molar-refractivity contribution < 1.29 is 4.52 Å². The smallest absolute Gasteiger partial charge is 0.277 e. The van der Waals surface area contributed by atoms with E-state index in [0.29, 0.717) is 17.4 Å². The lowest BCUT2D eigenvalue weighted by Gasteiger charge is -2.34. The van der Waals surface area contributed by atoms with Crippen LogP contribution in [0.3, 0.4) is 0 Å². The summed E-state index contributed by atoms with van der Waals surface area (Å²) in [6.07, 6.45) is 2.95. The molecule has 0 radical (unpaired) electrons. The van der Waals surface area contributed by atoms with Gasteiger partial charge in [0, 0.05) is 10.9 Å². The van der Waals surface area contributed by atoms with Crippen LogP contribution in [0, 0.1) is 6.92 Å². The van der Waals surface area contributed by atoms with Gasteiger partial charge in [-0.15, -0.1) is 11.3 Å². The van der Waals surface area contributed by atoms with E-state index in [4.69, 9.17) is 10.3 Å². The summed E-state index contributed by atoms with van der Waals surface area (Å²) in [6.45, 7) is 2.07. The summed E-state index contributed by atoms with van der Waals surface area (Å²) in [7, 11) is 0. The SMILES string of the molecule is Cc1ccc(-c2nc(-c3nc(C4(N)CCC4)no3)cs2)cc1. The molecule has 0 unspecified atom stereocenters. The van der Waals surface area contributed by atoms with Crippen LogP contribution in [0.25, 0.3) is 22.2 Å². The number of nitrogens with two attached hydrogens (primary N) is 1. The zero-order valence-electron chi connectivity index (χ0n) is 12.2. The van der Waals surface area contributed by atoms with Crippen molar-refractivity contribution >= 4 is 11.3 Å². The van der Waals surface area contributed by atoms with Crippen molar-refractivity contribution in [2.75, 3.05) is 0 Å². The number of nitrogens with zero attached hydrogens (tertiary/aromatic N) is 3. The number of hydrogen-bond acceptors (Lipinski definition) is 6. The van der Waals surface area contributed by atoms with Crippen LogP contribution < -0.4 is 5.73 Å². The molecule has 0 amide bonds. The van der Waals surface area contributed by atoms with Gasteiger partial charge in [-0.3, -0.25) is 0 Å². The van der Waals surface area contributed by atoms with Crippen LogP contribution in [0.5, 0.6) is 0 Å². The molecule has 0 aliphatic heterocycles. The Bertz CT molecular complexity index is 802. The van der Waals surface area contributed by atoms with Gasteiger partial charge in [-0.1, -0.05) is 35.0 Å². The third-order valence-corrected chi connectivity index (χ3v) is 5.03. The topological polar surface area (TPSA) is 77.8 Å². The summed E-state index contributed by atoms with van der Waals surface area (Å²) < 4.78 is 5.34. The van der Waals surface area contributed by atoms with Gasteiger partial charge in [0.1, 0.15) is 10.7 Å². The maximum atomic E-state index is 6.22. The van der Waals surface area contributed by atoms with Crippen molar-refractivity contribution in [3.05, 3.63) is 41.0 Å². The zero-order chi connectivity index (χ0) is 15.2. The molecule has 2 N–H and O–H groups in total. The Hall–Kier alpha value is -2.05. The third-order valence-electron chi connectivity index (χ3n) is 4.14. The van der Waals surface area contributed by atoms with Gasteiger partial charge in [-0.2, -0.15) is 4.98 Å². The van der Waals surface area contributed by atoms with Gasteiger partial charge in [-0.25, -0.2) is 4.98 Å². The second kappa shape index (κ2) is 5.00. The number of benzene rings is 1. The van der Waals surface area contributed by atoms with Crippen molar-refractivity contribution in [2.45, 2.75) is 31.7 Å². The highest BCUT2D eigenvalue weighted by atomic mass is 32.1. The quantitative estimate of drug-likeness (QED) is 0.800. The molecule has 2 aromatic heterocycles. The molecule has 5 nitrogen and oxygen atoms in total. The van der Waals surface area contributed by atoms with Crippen molar-refractivity contribution in [1.29, 1.82) is 0 Å². The average molecular weight is 312 g/mol. The molecular weight excluding hydrogens is 296 g/mol. The molecule has 22 heavy (non-hydrogen) atoms. The molecule has 112 valence electrons. The standard InChI is InChI=1S/C16H16N4OS/c1-10-3-5-11(6-4-10)14-18-12(9-22-14)13-19-15(20-21-13)16(17)7-2-8-16/h3-6,9H,2,7-8,17H2,1H3. The molecule has 0 saturated heterocycles. The van der Waals surface area contributed by atoms with Crippen LogP contribution in [0.2, 0.25) is 0 Å². The number of thiazole rings is 1. The van der Waals surface area contributed by atoms with E-state index >= 15 is 0 Å². The Morgan fingerprint density at radius 1 is 1.18 bits per heavy atom. The van der Waals surface area contributed by atoms with Crippen molar-refractivity contribution in [1.82, 2.24) is 15.1 Å². The molecule has 1 saturated carbocycles. The first-order valence-electron chi connectivity index (χ1n) is 7.30. The lowest BCUT2D eigenvalue weighted by molar-refractivity contribution is 0.229. The van der Waals surface area contributed by atoms with Crippen LogP contribution in [0.1, 0.15) is 30.7 Å². The predicted octanol–water partition coefficient (Wildman–Crippen LogP) is 3.51. The molecule has 1 aromatic carbocycles. The van der Waals surface area contributed by atoms with E-state index in [-0.39, 0.29) is 0 Å². The average Bonchev–Trinajstić information content (AvgIpc) is 3.14. The summed E-state index contributed by atoms with van der Waals surface area (Å²) >= 11 is 1.57. The van der Waals surface area contributed by atoms with Gasteiger partial charge in [-0.05, 0) is 26.2 Å². The van der Waals surface area contributed by atoms with Gasteiger partial charge >= 0.3 is 0 Å². The van der Waals surface area contributed by atoms with E-state index < -0.39 is 5.54 Å². The fourth-order valence-electron chi connectivity index (χ4n) is 2.51. The van der Waals surface area contributed by atoms with Crippen LogP contribution in [-0.2, 0) is 5.54 Å². The molecule has 1 fully saturated rings. The zero-order valence-corrected chi connectivity index (χ0v) is 13.1. The van der Waals surface area contributed by atoms with Gasteiger partial charge < -0.3 is 10.3 Å². The normalized spacial score (nSPS) is 16.5. The molecular formula is C16H16N4OS. The van der Waals surface area contributed by atoms with Crippen molar-refractivity contribution in [3.63, 3.8) is 0 Å². The Labute approximate surface area is 132 Å². The Balaban J connectivity index is 1.63. The minimum atomic E-state index is -0.405. The van der Waals surface area contributed by atoms with Crippen LogP contribution >= 0.6 is 11.3 Å².